The van der Waals surface area contributed by atoms with Crippen molar-refractivity contribution >= 4 is 37.1 Å². The molecule has 0 N–H and O–H groups in total. The van der Waals surface area contributed by atoms with E-state index < -0.39 is 5.41 Å². The number of benzene rings is 9. The highest BCUT2D eigenvalue weighted by atomic mass is 32.1. The first kappa shape index (κ1) is 35.8. The number of rotatable bonds is 2. The molecule has 10 aromatic rings. The van der Waals surface area contributed by atoms with Gasteiger partial charge in [0, 0.05) is 26.1 Å². The summed E-state index contributed by atoms with van der Waals surface area (Å²) in [5, 5.41) is 1.58. The van der Waals surface area contributed by atoms with E-state index in [2.05, 4.69) is 212 Å². The molecule has 1 atom stereocenters. The van der Waals surface area contributed by atoms with E-state index in [-0.39, 0.29) is 16.8 Å². The largest absolute Gasteiger partial charge is 0.289 e. The Hall–Kier alpha value is -7.65. The minimum absolute atomic E-state index is 0.101. The van der Waals surface area contributed by atoms with E-state index in [1.54, 1.807) is 11.3 Å². The topological polar surface area (TPSA) is 17.1 Å². The zero-order valence-corrected chi connectivity index (χ0v) is 36.1. The van der Waals surface area contributed by atoms with E-state index in [1.807, 2.05) is 0 Å². The second-order valence-corrected chi connectivity index (χ2v) is 19.6. The zero-order chi connectivity index (χ0) is 42.6. The summed E-state index contributed by atoms with van der Waals surface area (Å²) in [5.74, 6) is 0.129. The van der Waals surface area contributed by atoms with Gasteiger partial charge in [-0.05, 0) is 142 Å². The molecule has 1 nitrogen and oxygen atoms in total. The predicted molar refractivity (Wildman–Crippen MR) is 269 cm³/mol. The lowest BCUT2D eigenvalue weighted by molar-refractivity contribution is 0.679. The first-order valence-electron chi connectivity index (χ1n) is 22.8. The molecule has 0 saturated carbocycles. The lowest BCUT2D eigenvalue weighted by Gasteiger charge is -2.35. The SMILES string of the molecule is O=c1c2cc(-c3ccc4c(c3)C3(c5ccccc5-c5ccccc53)c3ccccc3-4)ccc2sc2ccc(C3C=CC4=C(C3)C3(c5ccccc54)c4ccccc4-c4ccccc43)cc12. The fraction of sp³-hybridized carbons (Fsp3) is 0.0635. The van der Waals surface area contributed by atoms with Crippen LogP contribution < -0.4 is 5.43 Å². The van der Waals surface area contributed by atoms with Gasteiger partial charge in [0.05, 0.1) is 10.8 Å². The third kappa shape index (κ3) is 4.41. The van der Waals surface area contributed by atoms with E-state index in [1.165, 1.54) is 94.6 Å². The molecule has 9 aromatic carbocycles. The van der Waals surface area contributed by atoms with E-state index in [0.717, 1.165) is 37.7 Å². The highest BCUT2D eigenvalue weighted by Gasteiger charge is 2.54. The highest BCUT2D eigenvalue weighted by molar-refractivity contribution is 7.24. The molecule has 1 aromatic heterocycles. The Morgan fingerprint density at radius 1 is 0.400 bits per heavy atom. The van der Waals surface area contributed by atoms with E-state index in [9.17, 15) is 4.79 Å². The number of hydrogen-bond donors (Lipinski definition) is 0. The van der Waals surface area contributed by atoms with Crippen LogP contribution in [0, 0.1) is 0 Å². The van der Waals surface area contributed by atoms with Gasteiger partial charge in [-0.2, -0.15) is 0 Å². The fourth-order valence-electron chi connectivity index (χ4n) is 13.2. The molecule has 0 saturated heterocycles. The molecule has 1 unspecified atom stereocenters. The van der Waals surface area contributed by atoms with Crippen LogP contribution in [0.1, 0.15) is 62.4 Å². The third-order valence-electron chi connectivity index (χ3n) is 15.7. The van der Waals surface area contributed by atoms with Crippen molar-refractivity contribution in [1.82, 2.24) is 0 Å². The summed E-state index contributed by atoms with van der Waals surface area (Å²) in [5.41, 5.74) is 24.1. The smallest absolute Gasteiger partial charge is 0.195 e. The van der Waals surface area contributed by atoms with Gasteiger partial charge in [0.15, 0.2) is 5.43 Å². The van der Waals surface area contributed by atoms with E-state index in [0.29, 0.717) is 0 Å². The molecule has 65 heavy (non-hydrogen) atoms. The van der Waals surface area contributed by atoms with Crippen LogP contribution in [0.5, 0.6) is 0 Å². The van der Waals surface area contributed by atoms with E-state index in [4.69, 9.17) is 0 Å². The maximum Gasteiger partial charge on any atom is 0.195 e. The fourth-order valence-corrected chi connectivity index (χ4v) is 14.2. The lowest BCUT2D eigenvalue weighted by atomic mass is 9.66. The summed E-state index contributed by atoms with van der Waals surface area (Å²) in [7, 11) is 0. The molecule has 2 heteroatoms. The molecule has 0 amide bonds. The molecule has 2 spiro atoms. The van der Waals surface area contributed by atoms with Crippen LogP contribution in [-0.2, 0) is 10.8 Å². The van der Waals surface area contributed by atoms with Gasteiger partial charge < -0.3 is 0 Å². The van der Waals surface area contributed by atoms with Crippen LogP contribution in [0.25, 0.3) is 70.3 Å². The molecule has 0 radical (unpaired) electrons. The molecule has 5 aliphatic carbocycles. The van der Waals surface area contributed by atoms with Crippen LogP contribution in [-0.4, -0.2) is 0 Å². The molecule has 1 heterocycles. The Balaban J connectivity index is 0.848. The molecular weight excluding hydrogens is 805 g/mol. The second kappa shape index (κ2) is 12.8. The summed E-state index contributed by atoms with van der Waals surface area (Å²) in [6.07, 6.45) is 5.64. The number of fused-ring (bicyclic) bond motifs is 21. The van der Waals surface area contributed by atoms with Crippen LogP contribution in [0.2, 0.25) is 0 Å². The molecular formula is C63H38OS. The predicted octanol–water partition coefficient (Wildman–Crippen LogP) is 15.3. The standard InChI is InChI=1S/C63H38OS/c64-61-49-33-37(39-25-29-47-45-17-5-11-23-55(45)62(57(47)35-39)51-19-7-1-13-41(51)42-14-2-8-20-52(42)62)27-31-59(49)65-60-32-28-38(34-50(60)61)40-26-30-48-46-18-6-12-24-56(46)63(58(48)36-40)53-21-9-3-15-43(53)44-16-4-10-22-54(44)63/h1-35,40H,36H2. The van der Waals surface area contributed by atoms with Crippen LogP contribution >= 0.6 is 11.3 Å². The minimum atomic E-state index is -0.416. The Kier molecular flexibility index (Phi) is 7.02. The van der Waals surface area contributed by atoms with Crippen molar-refractivity contribution in [3.63, 3.8) is 0 Å². The van der Waals surface area contributed by atoms with Crippen molar-refractivity contribution < 1.29 is 0 Å². The average Bonchev–Trinajstić information content (AvgIpc) is 4.05. The quantitative estimate of drug-likeness (QED) is 0.159. The molecule has 15 rings (SSSR count). The first-order valence-corrected chi connectivity index (χ1v) is 23.6. The van der Waals surface area contributed by atoms with Crippen LogP contribution in [0.3, 0.4) is 0 Å². The summed E-state index contributed by atoms with van der Waals surface area (Å²) >= 11 is 1.72. The molecule has 0 aliphatic heterocycles. The van der Waals surface area contributed by atoms with Gasteiger partial charge in [0.25, 0.3) is 0 Å². The molecule has 0 fully saturated rings. The van der Waals surface area contributed by atoms with Gasteiger partial charge in [-0.15, -0.1) is 11.3 Å². The van der Waals surface area contributed by atoms with Crippen molar-refractivity contribution in [2.45, 2.75) is 23.2 Å². The monoisotopic (exact) mass is 842 g/mol. The summed E-state index contributed by atoms with van der Waals surface area (Å²) < 4.78 is 2.04. The lowest BCUT2D eigenvalue weighted by Crippen LogP contribution is -2.28. The maximum absolute atomic E-state index is 14.9. The summed E-state index contributed by atoms with van der Waals surface area (Å²) in [6.45, 7) is 0. The van der Waals surface area contributed by atoms with Gasteiger partial charge in [-0.3, -0.25) is 4.79 Å². The number of hydrogen-bond acceptors (Lipinski definition) is 2. The first-order chi connectivity index (χ1) is 32.1. The second-order valence-electron chi connectivity index (χ2n) is 18.5. The van der Waals surface area contributed by atoms with E-state index >= 15 is 0 Å². The molecule has 302 valence electrons. The minimum Gasteiger partial charge on any atom is -0.289 e. The van der Waals surface area contributed by atoms with Gasteiger partial charge in [-0.1, -0.05) is 182 Å². The van der Waals surface area contributed by atoms with Crippen molar-refractivity contribution in [2.24, 2.45) is 0 Å². The average molecular weight is 843 g/mol. The molecule has 0 bridgehead atoms. The van der Waals surface area contributed by atoms with Crippen molar-refractivity contribution in [3.8, 4) is 44.5 Å². The zero-order valence-electron chi connectivity index (χ0n) is 35.3. The van der Waals surface area contributed by atoms with Gasteiger partial charge >= 0.3 is 0 Å². The summed E-state index contributed by atoms with van der Waals surface area (Å²) in [6, 6.07) is 74.1. The van der Waals surface area contributed by atoms with Crippen molar-refractivity contribution in [2.75, 3.05) is 0 Å². The Morgan fingerprint density at radius 3 is 1.40 bits per heavy atom. The Bertz CT molecular complexity index is 3800. The van der Waals surface area contributed by atoms with Crippen LogP contribution in [0.15, 0.2) is 223 Å². The van der Waals surface area contributed by atoms with Gasteiger partial charge in [0.1, 0.15) is 0 Å². The number of allylic oxidation sites excluding steroid dienone is 4. The Labute approximate surface area is 381 Å². The Morgan fingerprint density at radius 2 is 0.831 bits per heavy atom. The van der Waals surface area contributed by atoms with Gasteiger partial charge in [-0.25, -0.2) is 0 Å². The van der Waals surface area contributed by atoms with Gasteiger partial charge in [0.2, 0.25) is 0 Å². The van der Waals surface area contributed by atoms with Crippen molar-refractivity contribution in [3.05, 3.63) is 278 Å². The van der Waals surface area contributed by atoms with Crippen LogP contribution in [0.4, 0.5) is 0 Å². The normalized spacial score (nSPS) is 16.9. The maximum atomic E-state index is 14.9. The highest BCUT2D eigenvalue weighted by Crippen LogP contribution is 2.65. The van der Waals surface area contributed by atoms with Crippen molar-refractivity contribution in [1.29, 1.82) is 0 Å². The third-order valence-corrected chi connectivity index (χ3v) is 16.9. The molecule has 5 aliphatic rings. The summed E-state index contributed by atoms with van der Waals surface area (Å²) in [4.78, 5) is 14.9.